The average molecular weight is 340 g/mol. The van der Waals surface area contributed by atoms with Crippen LogP contribution >= 0.6 is 0 Å². The molecule has 0 atom stereocenters. The Balaban J connectivity index is 1.48. The second kappa shape index (κ2) is 7.81. The van der Waals surface area contributed by atoms with Gasteiger partial charge < -0.3 is 14.0 Å². The van der Waals surface area contributed by atoms with Crippen molar-refractivity contribution in [1.29, 1.82) is 0 Å². The van der Waals surface area contributed by atoms with Gasteiger partial charge in [0.25, 0.3) is 0 Å². The van der Waals surface area contributed by atoms with Crippen LogP contribution < -0.4 is 5.43 Å². The van der Waals surface area contributed by atoms with Crippen molar-refractivity contribution in [3.05, 3.63) is 70.5 Å². The van der Waals surface area contributed by atoms with Gasteiger partial charge in [0.1, 0.15) is 23.5 Å². The van der Waals surface area contributed by atoms with Crippen molar-refractivity contribution in [3.8, 4) is 17.0 Å². The van der Waals surface area contributed by atoms with Crippen LogP contribution in [-0.2, 0) is 13.0 Å². The Labute approximate surface area is 145 Å². The summed E-state index contributed by atoms with van der Waals surface area (Å²) < 4.78 is 10.6. The average Bonchev–Trinajstić information content (AvgIpc) is 3.08. The molecule has 0 saturated carbocycles. The third-order valence-electron chi connectivity index (χ3n) is 3.88. The van der Waals surface area contributed by atoms with Gasteiger partial charge >= 0.3 is 0 Å². The fourth-order valence-electron chi connectivity index (χ4n) is 2.57. The van der Waals surface area contributed by atoms with E-state index < -0.39 is 5.43 Å². The van der Waals surface area contributed by atoms with Crippen molar-refractivity contribution in [2.45, 2.75) is 19.4 Å². The third kappa shape index (κ3) is 4.58. The van der Waals surface area contributed by atoms with Gasteiger partial charge in [-0.3, -0.25) is 9.69 Å². The van der Waals surface area contributed by atoms with Gasteiger partial charge in [-0.1, -0.05) is 35.5 Å². The summed E-state index contributed by atoms with van der Waals surface area (Å²) in [6.45, 7) is 1.31. The normalized spacial score (nSPS) is 11.1. The van der Waals surface area contributed by atoms with Crippen molar-refractivity contribution < 1.29 is 14.0 Å². The smallest absolute Gasteiger partial charge is 0.226 e. The zero-order valence-corrected chi connectivity index (χ0v) is 14.0. The van der Waals surface area contributed by atoms with E-state index in [9.17, 15) is 9.90 Å². The molecule has 6 nitrogen and oxygen atoms in total. The van der Waals surface area contributed by atoms with Crippen molar-refractivity contribution in [2.24, 2.45) is 0 Å². The van der Waals surface area contributed by atoms with Crippen molar-refractivity contribution >= 4 is 0 Å². The number of aryl methyl sites for hydroxylation is 1. The number of aromatic nitrogens is 1. The van der Waals surface area contributed by atoms with E-state index in [1.54, 1.807) is 0 Å². The summed E-state index contributed by atoms with van der Waals surface area (Å²) in [5, 5.41) is 13.3. The maximum atomic E-state index is 11.4. The van der Waals surface area contributed by atoms with Gasteiger partial charge in [0.15, 0.2) is 5.75 Å². The summed E-state index contributed by atoms with van der Waals surface area (Å²) >= 11 is 0. The van der Waals surface area contributed by atoms with Crippen LogP contribution in [-0.4, -0.2) is 28.8 Å². The molecule has 0 radical (unpaired) electrons. The molecule has 0 aliphatic heterocycles. The molecule has 2 aromatic heterocycles. The van der Waals surface area contributed by atoms with E-state index in [4.69, 9.17) is 8.94 Å². The van der Waals surface area contributed by atoms with E-state index >= 15 is 0 Å². The van der Waals surface area contributed by atoms with E-state index in [0.29, 0.717) is 12.3 Å². The van der Waals surface area contributed by atoms with E-state index in [-0.39, 0.29) is 5.75 Å². The van der Waals surface area contributed by atoms with Gasteiger partial charge in [0.05, 0.1) is 6.54 Å². The Kier molecular flexibility index (Phi) is 5.30. The first kappa shape index (κ1) is 17.0. The highest BCUT2D eigenvalue weighted by Crippen LogP contribution is 2.19. The first-order valence-electron chi connectivity index (χ1n) is 8.12. The number of hydrogen-bond donors (Lipinski definition) is 1. The van der Waals surface area contributed by atoms with E-state index in [0.717, 1.165) is 42.7 Å². The first-order valence-corrected chi connectivity index (χ1v) is 8.12. The molecule has 2 heterocycles. The lowest BCUT2D eigenvalue weighted by Crippen LogP contribution is -2.20. The van der Waals surface area contributed by atoms with Crippen molar-refractivity contribution in [2.75, 3.05) is 13.6 Å². The summed E-state index contributed by atoms with van der Waals surface area (Å²) in [5.74, 6) is 1.01. The predicted octanol–water partition coefficient (Wildman–Crippen LogP) is 3.07. The Morgan fingerprint density at radius 1 is 1.16 bits per heavy atom. The highest BCUT2D eigenvalue weighted by atomic mass is 16.5. The quantitative estimate of drug-likeness (QED) is 0.712. The molecule has 3 rings (SSSR count). The molecule has 3 aromatic rings. The molecular weight excluding hydrogens is 320 g/mol. The Bertz CT molecular complexity index is 870. The van der Waals surface area contributed by atoms with Crippen LogP contribution in [0, 0.1) is 0 Å². The molecule has 130 valence electrons. The van der Waals surface area contributed by atoms with Crippen LogP contribution in [0.5, 0.6) is 5.75 Å². The second-order valence-corrected chi connectivity index (χ2v) is 5.98. The van der Waals surface area contributed by atoms with Crippen LogP contribution in [0.4, 0.5) is 0 Å². The molecule has 0 saturated heterocycles. The largest absolute Gasteiger partial charge is 0.502 e. The van der Waals surface area contributed by atoms with Crippen LogP contribution in [0.15, 0.2) is 62.5 Å². The van der Waals surface area contributed by atoms with Gasteiger partial charge in [-0.15, -0.1) is 0 Å². The molecule has 0 fully saturated rings. The molecule has 1 aromatic carbocycles. The van der Waals surface area contributed by atoms with E-state index in [1.807, 2.05) is 48.3 Å². The summed E-state index contributed by atoms with van der Waals surface area (Å²) in [6.07, 6.45) is 2.75. The number of hydrogen-bond acceptors (Lipinski definition) is 6. The maximum absolute atomic E-state index is 11.4. The lowest BCUT2D eigenvalue weighted by Gasteiger charge is -2.14. The molecule has 0 aliphatic carbocycles. The third-order valence-corrected chi connectivity index (χ3v) is 3.88. The van der Waals surface area contributed by atoms with Crippen LogP contribution in [0.3, 0.4) is 0 Å². The molecule has 0 unspecified atom stereocenters. The fourth-order valence-corrected chi connectivity index (χ4v) is 2.57. The Morgan fingerprint density at radius 2 is 1.96 bits per heavy atom. The summed E-state index contributed by atoms with van der Waals surface area (Å²) in [6, 6.07) is 13.2. The van der Waals surface area contributed by atoms with Gasteiger partial charge in [-0.2, -0.15) is 0 Å². The minimum absolute atomic E-state index is 0.369. The second-order valence-electron chi connectivity index (χ2n) is 5.98. The SMILES string of the molecule is CN(CCCc1cc(-c2ccccc2)no1)Cc1cc(=O)c(O)co1. The van der Waals surface area contributed by atoms with Gasteiger partial charge in [0, 0.05) is 24.1 Å². The van der Waals surface area contributed by atoms with Gasteiger partial charge in [0.2, 0.25) is 5.43 Å². The number of aromatic hydroxyl groups is 1. The van der Waals surface area contributed by atoms with Gasteiger partial charge in [-0.05, 0) is 20.0 Å². The lowest BCUT2D eigenvalue weighted by molar-refractivity contribution is 0.280. The molecule has 25 heavy (non-hydrogen) atoms. The van der Waals surface area contributed by atoms with Crippen molar-refractivity contribution in [1.82, 2.24) is 10.1 Å². The Hall–Kier alpha value is -2.86. The minimum Gasteiger partial charge on any atom is -0.502 e. The van der Waals surface area contributed by atoms with Gasteiger partial charge in [-0.25, -0.2) is 0 Å². The lowest BCUT2D eigenvalue weighted by atomic mass is 10.1. The highest BCUT2D eigenvalue weighted by molar-refractivity contribution is 5.58. The minimum atomic E-state index is -0.426. The summed E-state index contributed by atoms with van der Waals surface area (Å²) in [4.78, 5) is 13.4. The molecule has 0 bridgehead atoms. The molecular formula is C19H20N2O4. The fraction of sp³-hybridized carbons (Fsp3) is 0.263. The predicted molar refractivity (Wildman–Crippen MR) is 93.2 cm³/mol. The topological polar surface area (TPSA) is 79.7 Å². The summed E-state index contributed by atoms with van der Waals surface area (Å²) in [5.41, 5.74) is 1.46. The monoisotopic (exact) mass is 340 g/mol. The first-order chi connectivity index (χ1) is 12.1. The molecule has 0 aliphatic rings. The number of nitrogens with zero attached hydrogens (tertiary/aromatic N) is 2. The van der Waals surface area contributed by atoms with Crippen LogP contribution in [0.1, 0.15) is 17.9 Å². The van der Waals surface area contributed by atoms with E-state index in [2.05, 4.69) is 5.16 Å². The number of rotatable bonds is 7. The molecule has 0 amide bonds. The zero-order chi connectivity index (χ0) is 17.6. The summed E-state index contributed by atoms with van der Waals surface area (Å²) in [7, 11) is 1.95. The molecule has 1 N–H and O–H groups in total. The highest BCUT2D eigenvalue weighted by Gasteiger charge is 2.08. The molecule has 0 spiro atoms. The van der Waals surface area contributed by atoms with Crippen LogP contribution in [0.2, 0.25) is 0 Å². The molecule has 6 heteroatoms. The number of benzene rings is 1. The zero-order valence-electron chi connectivity index (χ0n) is 14.0. The standard InChI is InChI=1S/C19H20N2O4/c1-21(12-16-11-18(22)19(23)13-24-16)9-5-8-15-10-17(20-25-15)14-6-3-2-4-7-14/h2-4,6-7,10-11,13,23H,5,8-9,12H2,1H3. The Morgan fingerprint density at radius 3 is 2.72 bits per heavy atom. The van der Waals surface area contributed by atoms with Crippen LogP contribution in [0.25, 0.3) is 11.3 Å². The van der Waals surface area contributed by atoms with E-state index in [1.165, 1.54) is 6.07 Å². The maximum Gasteiger partial charge on any atom is 0.226 e. The van der Waals surface area contributed by atoms with Crippen molar-refractivity contribution in [3.63, 3.8) is 0 Å².